The predicted octanol–water partition coefficient (Wildman–Crippen LogP) is 2.95. The Hall–Kier alpha value is -1.96. The van der Waals surface area contributed by atoms with Gasteiger partial charge in [-0.1, -0.05) is 30.3 Å². The number of halogens is 1. The summed E-state index contributed by atoms with van der Waals surface area (Å²) in [5.41, 5.74) is 0.924. The van der Waals surface area contributed by atoms with E-state index < -0.39 is 15.8 Å². The molecule has 2 aromatic rings. The van der Waals surface area contributed by atoms with Crippen LogP contribution in [0.25, 0.3) is 0 Å². The third-order valence-electron chi connectivity index (χ3n) is 4.67. The summed E-state index contributed by atoms with van der Waals surface area (Å²) in [6, 6.07) is 12.8. The largest absolute Gasteiger partial charge is 0.496 e. The zero-order chi connectivity index (χ0) is 18.6. The van der Waals surface area contributed by atoms with Crippen LogP contribution in [0.4, 0.5) is 4.39 Å². The van der Waals surface area contributed by atoms with E-state index in [4.69, 9.17) is 4.74 Å². The summed E-state index contributed by atoms with van der Waals surface area (Å²) >= 11 is 0. The summed E-state index contributed by atoms with van der Waals surface area (Å²) in [6.45, 7) is 1.94. The third-order valence-corrected chi connectivity index (χ3v) is 6.13. The van der Waals surface area contributed by atoms with Gasteiger partial charge in [-0.15, -0.1) is 0 Å². The fourth-order valence-electron chi connectivity index (χ4n) is 3.36. The van der Waals surface area contributed by atoms with Gasteiger partial charge < -0.3 is 4.74 Å². The number of likely N-dealkylation sites (tertiary alicyclic amines) is 1. The van der Waals surface area contributed by atoms with Crippen LogP contribution in [0.5, 0.6) is 5.75 Å². The lowest BCUT2D eigenvalue weighted by Crippen LogP contribution is -2.37. The Labute approximate surface area is 153 Å². The lowest BCUT2D eigenvalue weighted by atomic mass is 10.0. The molecule has 0 unspecified atom stereocenters. The summed E-state index contributed by atoms with van der Waals surface area (Å²) in [7, 11) is -2.34. The molecular weight excluding hydrogens is 355 g/mol. The van der Waals surface area contributed by atoms with Gasteiger partial charge in [0.1, 0.15) is 16.5 Å². The monoisotopic (exact) mass is 378 g/mol. The van der Waals surface area contributed by atoms with Gasteiger partial charge in [-0.3, -0.25) is 4.90 Å². The molecule has 1 atom stereocenters. The van der Waals surface area contributed by atoms with Crippen molar-refractivity contribution in [1.82, 2.24) is 9.62 Å². The van der Waals surface area contributed by atoms with Crippen molar-refractivity contribution in [1.29, 1.82) is 0 Å². The number of para-hydroxylation sites is 1. The quantitative estimate of drug-likeness (QED) is 0.805. The summed E-state index contributed by atoms with van der Waals surface area (Å²) in [4.78, 5) is 1.90. The Bertz CT molecular complexity index is 851. The van der Waals surface area contributed by atoms with Crippen molar-refractivity contribution in [3.63, 3.8) is 0 Å². The molecule has 1 heterocycles. The molecule has 0 radical (unpaired) electrons. The number of sulfonamides is 1. The number of ether oxygens (including phenoxy) is 1. The topological polar surface area (TPSA) is 58.6 Å². The van der Waals surface area contributed by atoms with Crippen LogP contribution >= 0.6 is 0 Å². The summed E-state index contributed by atoms with van der Waals surface area (Å²) < 4.78 is 47.1. The predicted molar refractivity (Wildman–Crippen MR) is 98.1 cm³/mol. The van der Waals surface area contributed by atoms with Crippen LogP contribution in [0.3, 0.4) is 0 Å². The zero-order valence-electron chi connectivity index (χ0n) is 14.7. The third kappa shape index (κ3) is 4.06. The molecule has 140 valence electrons. The van der Waals surface area contributed by atoms with Crippen molar-refractivity contribution in [2.75, 3.05) is 26.7 Å². The van der Waals surface area contributed by atoms with Crippen LogP contribution in [-0.4, -0.2) is 40.1 Å². The molecule has 7 heteroatoms. The average molecular weight is 378 g/mol. The standard InChI is InChI=1S/C19H23FN2O3S/c1-25-18-10-4-2-8-15(18)17(22-12-6-7-13-22)14-21-26(23,24)19-11-5-3-9-16(19)20/h2-5,8-11,17,21H,6-7,12-14H2,1H3/t17-/m1/s1. The highest BCUT2D eigenvalue weighted by Crippen LogP contribution is 2.31. The maximum atomic E-state index is 13.9. The molecule has 0 spiro atoms. The van der Waals surface area contributed by atoms with Crippen LogP contribution < -0.4 is 9.46 Å². The SMILES string of the molecule is COc1ccccc1[C@@H](CNS(=O)(=O)c1ccccc1F)N1CCCC1. The molecule has 3 rings (SSSR count). The first-order valence-electron chi connectivity index (χ1n) is 8.64. The molecule has 0 saturated carbocycles. The molecule has 5 nitrogen and oxygen atoms in total. The minimum atomic E-state index is -3.94. The highest BCUT2D eigenvalue weighted by atomic mass is 32.2. The van der Waals surface area contributed by atoms with Crippen molar-refractivity contribution >= 4 is 10.0 Å². The van der Waals surface area contributed by atoms with Crippen LogP contribution in [0.15, 0.2) is 53.4 Å². The number of nitrogens with one attached hydrogen (secondary N) is 1. The highest BCUT2D eigenvalue weighted by molar-refractivity contribution is 7.89. The van der Waals surface area contributed by atoms with Crippen molar-refractivity contribution in [2.45, 2.75) is 23.8 Å². The lowest BCUT2D eigenvalue weighted by molar-refractivity contribution is 0.240. The first kappa shape index (κ1) is 18.8. The first-order chi connectivity index (χ1) is 12.5. The maximum Gasteiger partial charge on any atom is 0.243 e. The van der Waals surface area contributed by atoms with Crippen LogP contribution in [-0.2, 0) is 10.0 Å². The first-order valence-corrected chi connectivity index (χ1v) is 10.1. The van der Waals surface area contributed by atoms with Gasteiger partial charge in [-0.25, -0.2) is 17.5 Å². The Morgan fingerprint density at radius 1 is 1.12 bits per heavy atom. The molecule has 1 N–H and O–H groups in total. The minimum Gasteiger partial charge on any atom is -0.496 e. The Balaban J connectivity index is 1.86. The van der Waals surface area contributed by atoms with Crippen molar-refractivity contribution < 1.29 is 17.5 Å². The molecule has 1 fully saturated rings. The molecule has 1 aliphatic rings. The van der Waals surface area contributed by atoms with Gasteiger partial charge in [0.25, 0.3) is 0 Å². The summed E-state index contributed by atoms with van der Waals surface area (Å²) in [6.07, 6.45) is 2.15. The second kappa shape index (κ2) is 8.16. The van der Waals surface area contributed by atoms with Crippen LogP contribution in [0, 0.1) is 5.82 Å². The molecule has 2 aromatic carbocycles. The molecule has 0 amide bonds. The maximum absolute atomic E-state index is 13.9. The van der Waals surface area contributed by atoms with E-state index in [-0.39, 0.29) is 17.5 Å². The van der Waals surface area contributed by atoms with Gasteiger partial charge >= 0.3 is 0 Å². The van der Waals surface area contributed by atoms with E-state index in [0.29, 0.717) is 0 Å². The van der Waals surface area contributed by atoms with Gasteiger partial charge in [0.2, 0.25) is 10.0 Å². The van der Waals surface area contributed by atoms with E-state index in [1.807, 2.05) is 24.3 Å². The van der Waals surface area contributed by atoms with Crippen molar-refractivity contribution in [3.05, 3.63) is 59.9 Å². The molecule has 1 aliphatic heterocycles. The highest BCUT2D eigenvalue weighted by Gasteiger charge is 2.28. The van der Waals surface area contributed by atoms with E-state index in [9.17, 15) is 12.8 Å². The van der Waals surface area contributed by atoms with Gasteiger partial charge in [0.05, 0.1) is 13.2 Å². The molecular formula is C19H23FN2O3S. The van der Waals surface area contributed by atoms with Gasteiger partial charge in [0.15, 0.2) is 0 Å². The Kier molecular flexibility index (Phi) is 5.90. The Morgan fingerprint density at radius 3 is 2.46 bits per heavy atom. The number of hydrogen-bond donors (Lipinski definition) is 1. The number of nitrogens with zero attached hydrogens (tertiary/aromatic N) is 1. The van der Waals surface area contributed by atoms with Crippen molar-refractivity contribution in [3.8, 4) is 5.75 Å². The van der Waals surface area contributed by atoms with Crippen molar-refractivity contribution in [2.24, 2.45) is 0 Å². The summed E-state index contributed by atoms with van der Waals surface area (Å²) in [5.74, 6) is -0.0375. The van der Waals surface area contributed by atoms with Crippen LogP contribution in [0.2, 0.25) is 0 Å². The fourth-order valence-corrected chi connectivity index (χ4v) is 4.48. The van der Waals surface area contributed by atoms with Gasteiger partial charge in [0, 0.05) is 12.1 Å². The molecule has 1 saturated heterocycles. The molecule has 0 aliphatic carbocycles. The Morgan fingerprint density at radius 2 is 1.77 bits per heavy atom. The lowest BCUT2D eigenvalue weighted by Gasteiger charge is -2.29. The molecule has 26 heavy (non-hydrogen) atoms. The number of hydrogen-bond acceptors (Lipinski definition) is 4. The number of benzene rings is 2. The van der Waals surface area contributed by atoms with E-state index in [1.54, 1.807) is 7.11 Å². The van der Waals surface area contributed by atoms with E-state index in [1.165, 1.54) is 18.2 Å². The zero-order valence-corrected chi connectivity index (χ0v) is 15.5. The normalized spacial score (nSPS) is 16.5. The van der Waals surface area contributed by atoms with E-state index in [2.05, 4.69) is 9.62 Å². The van der Waals surface area contributed by atoms with Gasteiger partial charge in [-0.2, -0.15) is 0 Å². The van der Waals surface area contributed by atoms with Gasteiger partial charge in [-0.05, 0) is 44.1 Å². The smallest absolute Gasteiger partial charge is 0.243 e. The fraction of sp³-hybridized carbons (Fsp3) is 0.368. The van der Waals surface area contributed by atoms with E-state index >= 15 is 0 Å². The molecule has 0 bridgehead atoms. The summed E-state index contributed by atoms with van der Waals surface area (Å²) in [5, 5.41) is 0. The average Bonchev–Trinajstić information content (AvgIpc) is 3.17. The second-order valence-corrected chi connectivity index (χ2v) is 8.02. The number of rotatable bonds is 7. The second-order valence-electron chi connectivity index (χ2n) is 6.28. The van der Waals surface area contributed by atoms with E-state index in [0.717, 1.165) is 43.3 Å². The molecule has 0 aromatic heterocycles. The van der Waals surface area contributed by atoms with Crippen LogP contribution in [0.1, 0.15) is 24.4 Å². The minimum absolute atomic E-state index is 0.150. The number of methoxy groups -OCH3 is 1.